The number of amides is 1. The molecule has 2 aromatic heterocycles. The first-order chi connectivity index (χ1) is 17.3. The third kappa shape index (κ3) is 7.17. The number of alkyl halides is 5. The van der Waals surface area contributed by atoms with E-state index in [1.54, 1.807) is 6.07 Å². The molecule has 3 heterocycles. The highest BCUT2D eigenvalue weighted by atomic mass is 19.4. The summed E-state index contributed by atoms with van der Waals surface area (Å²) in [6.45, 7) is 4.16. The van der Waals surface area contributed by atoms with Gasteiger partial charge >= 0.3 is 6.18 Å². The van der Waals surface area contributed by atoms with E-state index in [-0.39, 0.29) is 29.9 Å². The fourth-order valence-corrected chi connectivity index (χ4v) is 3.84. The van der Waals surface area contributed by atoms with Crippen LogP contribution in [0.5, 0.6) is 0 Å². The molecule has 1 aliphatic heterocycles. The second kappa shape index (κ2) is 11.1. The van der Waals surface area contributed by atoms with Crippen LogP contribution in [0.25, 0.3) is 5.57 Å². The number of likely N-dealkylation sites (tertiary alicyclic amines) is 1. The zero-order valence-corrected chi connectivity index (χ0v) is 20.4. The number of carbonyl (C=O) groups is 1. The average Bonchev–Trinajstić information content (AvgIpc) is 2.82. The molecule has 0 aliphatic carbocycles. The van der Waals surface area contributed by atoms with Gasteiger partial charge in [0.15, 0.2) is 5.82 Å². The Morgan fingerprint density at radius 2 is 1.84 bits per heavy atom. The molecule has 14 heteroatoms. The molecule has 2 atom stereocenters. The molecule has 37 heavy (non-hydrogen) atoms. The van der Waals surface area contributed by atoms with Gasteiger partial charge in [-0.15, -0.1) is 0 Å². The molecule has 3 rings (SSSR count). The van der Waals surface area contributed by atoms with Crippen LogP contribution in [0.2, 0.25) is 0 Å². The van der Waals surface area contributed by atoms with Crippen molar-refractivity contribution in [2.24, 2.45) is 5.92 Å². The summed E-state index contributed by atoms with van der Waals surface area (Å²) in [5.74, 6) is -4.95. The molecule has 0 aromatic carbocycles. The second-order valence-corrected chi connectivity index (χ2v) is 9.04. The van der Waals surface area contributed by atoms with Crippen molar-refractivity contribution in [3.8, 4) is 0 Å². The smallest absolute Gasteiger partial charge is 0.388 e. The van der Waals surface area contributed by atoms with Crippen molar-refractivity contribution in [2.45, 2.75) is 51.4 Å². The number of hydrogen-bond donors (Lipinski definition) is 3. The Balaban J connectivity index is 1.85. The molecular formula is C23H27F5N8O. The largest absolute Gasteiger partial charge is 0.419 e. The van der Waals surface area contributed by atoms with E-state index in [9.17, 15) is 26.7 Å². The van der Waals surface area contributed by atoms with Gasteiger partial charge in [-0.25, -0.2) is 28.7 Å². The minimum Gasteiger partial charge on any atom is -0.388 e. The van der Waals surface area contributed by atoms with Gasteiger partial charge in [0.1, 0.15) is 5.71 Å². The van der Waals surface area contributed by atoms with Gasteiger partial charge in [-0.2, -0.15) is 13.2 Å². The molecule has 1 aliphatic rings. The highest BCUT2D eigenvalue weighted by Crippen LogP contribution is 2.35. The van der Waals surface area contributed by atoms with E-state index < -0.39 is 54.2 Å². The second-order valence-electron chi connectivity index (χ2n) is 9.04. The summed E-state index contributed by atoms with van der Waals surface area (Å²) >= 11 is 0. The molecule has 0 bridgehead atoms. The van der Waals surface area contributed by atoms with E-state index in [4.69, 9.17) is 5.41 Å². The van der Waals surface area contributed by atoms with Gasteiger partial charge in [-0.1, -0.05) is 6.92 Å². The zero-order chi connectivity index (χ0) is 27.4. The summed E-state index contributed by atoms with van der Waals surface area (Å²) in [5, 5.41) is 14.3. The maximum absolute atomic E-state index is 14.5. The summed E-state index contributed by atoms with van der Waals surface area (Å²) in [5.41, 5.74) is -1.59. The Hall–Kier alpha value is -3.71. The van der Waals surface area contributed by atoms with E-state index in [1.165, 1.54) is 25.5 Å². The van der Waals surface area contributed by atoms with Gasteiger partial charge in [0.25, 0.3) is 11.8 Å². The molecule has 200 valence electrons. The van der Waals surface area contributed by atoms with Crippen LogP contribution in [0.1, 0.15) is 38.6 Å². The van der Waals surface area contributed by atoms with Crippen molar-refractivity contribution < 1.29 is 26.7 Å². The van der Waals surface area contributed by atoms with Crippen LogP contribution in [-0.4, -0.2) is 67.6 Å². The van der Waals surface area contributed by atoms with Crippen molar-refractivity contribution in [1.29, 1.82) is 5.41 Å². The lowest BCUT2D eigenvalue weighted by Gasteiger charge is -2.43. The first kappa shape index (κ1) is 27.9. The van der Waals surface area contributed by atoms with Crippen LogP contribution < -0.4 is 10.6 Å². The molecule has 2 aromatic rings. The van der Waals surface area contributed by atoms with Gasteiger partial charge in [0.05, 0.1) is 23.7 Å². The molecular weight excluding hydrogens is 499 g/mol. The molecule has 1 saturated heterocycles. The lowest BCUT2D eigenvalue weighted by molar-refractivity contribution is -0.145. The topological polar surface area (TPSA) is 120 Å². The van der Waals surface area contributed by atoms with E-state index in [0.29, 0.717) is 12.4 Å². The molecule has 1 amide bonds. The van der Waals surface area contributed by atoms with Crippen LogP contribution in [0.15, 0.2) is 37.1 Å². The first-order valence-electron chi connectivity index (χ1n) is 11.4. The van der Waals surface area contributed by atoms with Crippen LogP contribution >= 0.6 is 0 Å². The Labute approximate surface area is 210 Å². The molecule has 1 unspecified atom stereocenters. The van der Waals surface area contributed by atoms with Crippen molar-refractivity contribution >= 4 is 23.1 Å². The Morgan fingerprint density at radius 1 is 1.22 bits per heavy atom. The normalized spacial score (nSPS) is 20.0. The number of piperidine rings is 1. The predicted octanol–water partition coefficient (Wildman–Crippen LogP) is 3.63. The maximum Gasteiger partial charge on any atom is 0.419 e. The standard InChI is InChI=1S/C23H27F5N8O/c1-13(2)32-10-16(19-30-5-4-6-31-19)18(29)20(37)36-12-22(24,25)7-14(3)17(36)11-35-21-33-8-15(9-34-21)23(26,27)28/h4-6,8-10,13-14,17,29,32H,7,11-12H2,1-3H3,(H,33,34,35)/b16-10+,29-18?/t14-,17?/m1/s1. The molecule has 0 saturated carbocycles. The highest BCUT2D eigenvalue weighted by Gasteiger charge is 2.47. The lowest BCUT2D eigenvalue weighted by atomic mass is 9.87. The first-order valence-corrected chi connectivity index (χ1v) is 11.4. The van der Waals surface area contributed by atoms with Crippen LogP contribution in [0.3, 0.4) is 0 Å². The zero-order valence-electron chi connectivity index (χ0n) is 20.4. The van der Waals surface area contributed by atoms with E-state index in [0.717, 1.165) is 4.90 Å². The van der Waals surface area contributed by atoms with Gasteiger partial charge in [-0.3, -0.25) is 10.2 Å². The SMILES string of the molecule is CC(C)N/C=C(\C(=N)C(=O)N1CC(F)(F)C[C@@H](C)C1CNc1ncc(C(F)(F)F)cn1)c1ncccn1. The molecule has 1 fully saturated rings. The number of rotatable bonds is 8. The van der Waals surface area contributed by atoms with Crippen molar-refractivity contribution in [2.75, 3.05) is 18.4 Å². The van der Waals surface area contributed by atoms with Gasteiger partial charge in [0, 0.05) is 50.0 Å². The summed E-state index contributed by atoms with van der Waals surface area (Å²) in [7, 11) is 0. The van der Waals surface area contributed by atoms with Gasteiger partial charge < -0.3 is 15.5 Å². The van der Waals surface area contributed by atoms with Crippen molar-refractivity contribution in [1.82, 2.24) is 30.2 Å². The summed E-state index contributed by atoms with van der Waals surface area (Å²) in [4.78, 5) is 29.7. The van der Waals surface area contributed by atoms with Gasteiger partial charge in [-0.05, 0) is 25.8 Å². The van der Waals surface area contributed by atoms with Gasteiger partial charge in [0.2, 0.25) is 5.95 Å². The van der Waals surface area contributed by atoms with E-state index >= 15 is 0 Å². The van der Waals surface area contributed by atoms with E-state index in [2.05, 4.69) is 30.6 Å². The minimum atomic E-state index is -4.61. The Bertz CT molecular complexity index is 1120. The average molecular weight is 527 g/mol. The Kier molecular flexibility index (Phi) is 8.39. The van der Waals surface area contributed by atoms with Crippen molar-refractivity contribution in [3.05, 3.63) is 48.4 Å². The molecule has 3 N–H and O–H groups in total. The molecule has 9 nitrogen and oxygen atoms in total. The summed E-state index contributed by atoms with van der Waals surface area (Å²) < 4.78 is 67.4. The fourth-order valence-electron chi connectivity index (χ4n) is 3.84. The summed E-state index contributed by atoms with van der Waals surface area (Å²) in [6.07, 6.45) is 0.340. The Morgan fingerprint density at radius 3 is 2.41 bits per heavy atom. The van der Waals surface area contributed by atoms with Crippen LogP contribution in [-0.2, 0) is 11.0 Å². The number of nitrogens with zero attached hydrogens (tertiary/aromatic N) is 5. The number of hydrogen-bond acceptors (Lipinski definition) is 8. The number of nitrogens with one attached hydrogen (secondary N) is 3. The highest BCUT2D eigenvalue weighted by molar-refractivity contribution is 6.54. The molecule has 0 spiro atoms. The van der Waals surface area contributed by atoms with Crippen LogP contribution in [0.4, 0.5) is 27.9 Å². The van der Waals surface area contributed by atoms with Crippen molar-refractivity contribution in [3.63, 3.8) is 0 Å². The third-order valence-electron chi connectivity index (χ3n) is 5.64. The molecule has 0 radical (unpaired) electrons. The monoisotopic (exact) mass is 526 g/mol. The van der Waals surface area contributed by atoms with Crippen LogP contribution in [0, 0.1) is 11.3 Å². The fraction of sp³-hybridized carbons (Fsp3) is 0.478. The maximum atomic E-state index is 14.5. The number of halogens is 5. The quantitative estimate of drug-likeness (QED) is 0.355. The van der Waals surface area contributed by atoms with E-state index in [1.807, 2.05) is 13.8 Å². The number of anilines is 1. The summed E-state index contributed by atoms with van der Waals surface area (Å²) in [6, 6.07) is 0.677. The predicted molar refractivity (Wildman–Crippen MR) is 126 cm³/mol. The minimum absolute atomic E-state index is 0.0265. The number of carbonyl (C=O) groups excluding carboxylic acids is 1. The third-order valence-corrected chi connectivity index (χ3v) is 5.64. The number of aromatic nitrogens is 4. The lowest BCUT2D eigenvalue weighted by Crippen LogP contribution is -2.59.